The highest BCUT2D eigenvalue weighted by molar-refractivity contribution is 7.86. The van der Waals surface area contributed by atoms with E-state index in [2.05, 4.69) is 4.74 Å². The van der Waals surface area contributed by atoms with Crippen LogP contribution < -0.4 is 0 Å². The van der Waals surface area contributed by atoms with E-state index in [4.69, 9.17) is 4.74 Å². The van der Waals surface area contributed by atoms with Crippen molar-refractivity contribution in [1.82, 2.24) is 0 Å². The van der Waals surface area contributed by atoms with Gasteiger partial charge in [0, 0.05) is 0 Å². The van der Waals surface area contributed by atoms with E-state index >= 15 is 0 Å². The smallest absolute Gasteiger partial charge is 0.407 e. The summed E-state index contributed by atoms with van der Waals surface area (Å²) in [6.45, 7) is -1.62. The molecule has 2 aliphatic carbocycles. The van der Waals surface area contributed by atoms with Gasteiger partial charge < -0.3 is 14.0 Å². The number of hydrogen-bond acceptors (Lipinski definition) is 7. The summed E-state index contributed by atoms with van der Waals surface area (Å²) in [5.74, 6) is -3.52. The summed E-state index contributed by atoms with van der Waals surface area (Å²) in [5.41, 5.74) is 0. The van der Waals surface area contributed by atoms with Gasteiger partial charge in [-0.1, -0.05) is 19.3 Å². The second kappa shape index (κ2) is 9.43. The van der Waals surface area contributed by atoms with E-state index in [0.717, 1.165) is 32.1 Å². The summed E-state index contributed by atoms with van der Waals surface area (Å²) in [6, 6.07) is 0. The fraction of sp³-hybridized carbons (Fsp3) is 0.882. The van der Waals surface area contributed by atoms with Crippen molar-refractivity contribution in [2.45, 2.75) is 75.3 Å². The van der Waals surface area contributed by atoms with Gasteiger partial charge in [0.25, 0.3) is 0 Å². The van der Waals surface area contributed by atoms with Crippen molar-refractivity contribution in [2.24, 2.45) is 11.8 Å². The van der Waals surface area contributed by atoms with Gasteiger partial charge in [-0.15, -0.1) is 0 Å². The third kappa shape index (κ3) is 6.33. The van der Waals surface area contributed by atoms with Crippen LogP contribution in [0, 0.1) is 11.8 Å². The Hall–Kier alpha value is -1.36. The molecule has 0 aromatic heterocycles. The van der Waals surface area contributed by atoms with Gasteiger partial charge >= 0.3 is 18.1 Å². The molecule has 7 nitrogen and oxygen atoms in total. The van der Waals surface area contributed by atoms with Crippen molar-refractivity contribution >= 4 is 22.1 Å². The largest absolute Gasteiger partial charge is 0.747 e. The Morgan fingerprint density at radius 2 is 1.43 bits per heavy atom. The van der Waals surface area contributed by atoms with E-state index in [-0.39, 0.29) is 12.5 Å². The van der Waals surface area contributed by atoms with Gasteiger partial charge in [0.1, 0.15) is 22.8 Å². The minimum absolute atomic E-state index is 0.222. The van der Waals surface area contributed by atoms with Gasteiger partial charge in [0.15, 0.2) is 5.25 Å². The van der Waals surface area contributed by atoms with E-state index in [9.17, 15) is 35.7 Å². The lowest BCUT2D eigenvalue weighted by Gasteiger charge is -2.31. The van der Waals surface area contributed by atoms with E-state index < -0.39 is 51.9 Å². The van der Waals surface area contributed by atoms with Crippen molar-refractivity contribution in [2.75, 3.05) is 6.61 Å². The molecule has 0 saturated heterocycles. The highest BCUT2D eigenvalue weighted by Crippen LogP contribution is 2.34. The number of halogens is 3. The maximum absolute atomic E-state index is 12.7. The van der Waals surface area contributed by atoms with Crippen molar-refractivity contribution in [1.29, 1.82) is 0 Å². The van der Waals surface area contributed by atoms with Crippen LogP contribution >= 0.6 is 0 Å². The first-order valence-electron chi connectivity index (χ1n) is 9.38. The lowest BCUT2D eigenvalue weighted by Crippen LogP contribution is -2.43. The number of alkyl halides is 3. The maximum Gasteiger partial charge on any atom is 0.407 e. The average Bonchev–Trinajstić information content (AvgIpc) is 2.60. The Balaban J connectivity index is 1.99. The first-order valence-corrected chi connectivity index (χ1v) is 10.9. The topological polar surface area (TPSA) is 110 Å². The standard InChI is InChI=1S/C17H25F3O7S/c18-17(19,20)14(28(23,24)25)10-26-15(21)12-8-4-5-9-13(12)16(22)27-11-6-2-1-3-7-11/h11-14H,1-10H2,(H,23,24,25)/p-1. The molecule has 2 saturated carbocycles. The Morgan fingerprint density at radius 1 is 0.929 bits per heavy atom. The minimum Gasteiger partial charge on any atom is -0.747 e. The van der Waals surface area contributed by atoms with Gasteiger partial charge in [0.2, 0.25) is 0 Å². The summed E-state index contributed by atoms with van der Waals surface area (Å²) in [6.07, 6.45) is 0.654. The molecule has 2 rings (SSSR count). The van der Waals surface area contributed by atoms with Crippen LogP contribution in [0.5, 0.6) is 0 Å². The zero-order valence-corrected chi connectivity index (χ0v) is 16.1. The van der Waals surface area contributed by atoms with Crippen molar-refractivity contribution in [3.63, 3.8) is 0 Å². The number of hydrogen-bond donors (Lipinski definition) is 0. The van der Waals surface area contributed by atoms with Gasteiger partial charge in [-0.2, -0.15) is 13.2 Å². The number of rotatable bonds is 6. The van der Waals surface area contributed by atoms with E-state index in [1.165, 1.54) is 0 Å². The number of esters is 2. The van der Waals surface area contributed by atoms with Gasteiger partial charge in [-0.05, 0) is 38.5 Å². The van der Waals surface area contributed by atoms with E-state index in [1.807, 2.05) is 0 Å². The first-order chi connectivity index (χ1) is 13.0. The Kier molecular flexibility index (Phi) is 7.72. The molecular weight excluding hydrogens is 405 g/mol. The summed E-state index contributed by atoms with van der Waals surface area (Å²) in [4.78, 5) is 24.8. The van der Waals surface area contributed by atoms with Crippen molar-refractivity contribution in [3.8, 4) is 0 Å². The lowest BCUT2D eigenvalue weighted by molar-refractivity contribution is -0.171. The van der Waals surface area contributed by atoms with Crippen LogP contribution in [0.2, 0.25) is 0 Å². The van der Waals surface area contributed by atoms with Crippen molar-refractivity contribution < 1.29 is 45.2 Å². The molecule has 0 radical (unpaired) electrons. The molecule has 28 heavy (non-hydrogen) atoms. The molecule has 0 N–H and O–H groups in total. The number of carbonyl (C=O) groups excluding carboxylic acids is 2. The van der Waals surface area contributed by atoms with Crippen LogP contribution in [-0.2, 0) is 29.2 Å². The van der Waals surface area contributed by atoms with Crippen LogP contribution in [0.25, 0.3) is 0 Å². The first kappa shape index (κ1) is 22.9. The average molecular weight is 429 g/mol. The van der Waals surface area contributed by atoms with Gasteiger partial charge in [-0.3, -0.25) is 9.59 Å². The Bertz CT molecular complexity index is 656. The maximum atomic E-state index is 12.7. The molecule has 0 aromatic carbocycles. The Labute approximate surface area is 161 Å². The molecule has 0 aliphatic heterocycles. The third-order valence-electron chi connectivity index (χ3n) is 5.30. The molecule has 162 valence electrons. The summed E-state index contributed by atoms with van der Waals surface area (Å²) < 4.78 is 80.6. The molecule has 0 spiro atoms. The molecule has 0 amide bonds. The van der Waals surface area contributed by atoms with Gasteiger partial charge in [-0.25, -0.2) is 8.42 Å². The normalized spacial score (nSPS) is 25.7. The van der Waals surface area contributed by atoms with Crippen LogP contribution in [0.3, 0.4) is 0 Å². The molecule has 2 fully saturated rings. The van der Waals surface area contributed by atoms with Crippen LogP contribution in [0.15, 0.2) is 0 Å². The lowest BCUT2D eigenvalue weighted by atomic mass is 9.79. The minimum atomic E-state index is -5.74. The van der Waals surface area contributed by atoms with Gasteiger partial charge in [0.05, 0.1) is 11.8 Å². The highest BCUT2D eigenvalue weighted by Gasteiger charge is 2.46. The summed E-state index contributed by atoms with van der Waals surface area (Å²) >= 11 is 0. The zero-order chi connectivity index (χ0) is 20.9. The highest BCUT2D eigenvalue weighted by atomic mass is 32.2. The monoisotopic (exact) mass is 429 g/mol. The van der Waals surface area contributed by atoms with Crippen molar-refractivity contribution in [3.05, 3.63) is 0 Å². The fourth-order valence-electron chi connectivity index (χ4n) is 3.74. The van der Waals surface area contributed by atoms with Crippen LogP contribution in [0.1, 0.15) is 57.8 Å². The molecule has 2 aliphatic rings. The fourth-order valence-corrected chi connectivity index (χ4v) is 4.30. The SMILES string of the molecule is O=C(OCC(C(F)(F)F)S(=O)(=O)[O-])C1CCCCC1C(=O)OC1CCCCC1. The second-order valence-corrected chi connectivity index (χ2v) is 8.90. The molecule has 11 heteroatoms. The second-order valence-electron chi connectivity index (χ2n) is 7.35. The van der Waals surface area contributed by atoms with Crippen LogP contribution in [-0.4, -0.2) is 49.0 Å². The van der Waals surface area contributed by atoms with E-state index in [0.29, 0.717) is 19.3 Å². The number of carbonyl (C=O) groups is 2. The summed E-state index contributed by atoms with van der Waals surface area (Å²) in [5, 5.41) is -3.33. The van der Waals surface area contributed by atoms with Crippen LogP contribution in [0.4, 0.5) is 13.2 Å². The zero-order valence-electron chi connectivity index (χ0n) is 15.3. The molecular formula is C17H24F3O7S-. The molecule has 3 unspecified atom stereocenters. The summed E-state index contributed by atoms with van der Waals surface area (Å²) in [7, 11) is -5.74. The predicted octanol–water partition coefficient (Wildman–Crippen LogP) is 2.69. The molecule has 0 heterocycles. The third-order valence-corrected chi connectivity index (χ3v) is 6.40. The molecule has 3 atom stereocenters. The Morgan fingerprint density at radius 3 is 1.93 bits per heavy atom. The predicted molar refractivity (Wildman–Crippen MR) is 88.9 cm³/mol. The quantitative estimate of drug-likeness (QED) is 0.472. The molecule has 0 bridgehead atoms. The molecule has 0 aromatic rings. The number of ether oxygens (including phenoxy) is 2. The van der Waals surface area contributed by atoms with E-state index in [1.54, 1.807) is 0 Å².